The molecule has 0 atom stereocenters. The highest BCUT2D eigenvalue weighted by Gasteiger charge is 2.13. The Morgan fingerprint density at radius 3 is 2.56 bits per heavy atom. The van der Waals surface area contributed by atoms with Crippen molar-refractivity contribution in [1.82, 2.24) is 9.71 Å². The number of fused-ring (bicyclic) bond motifs is 1. The highest BCUT2D eigenvalue weighted by Crippen LogP contribution is 2.21. The van der Waals surface area contributed by atoms with Gasteiger partial charge < -0.3 is 4.98 Å². The normalized spacial score (nSPS) is 11.5. The topological polar surface area (TPSA) is 85.8 Å². The number of benzene rings is 2. The molecule has 0 aliphatic carbocycles. The van der Waals surface area contributed by atoms with Gasteiger partial charge in [-0.2, -0.15) is 5.26 Å². The van der Waals surface area contributed by atoms with Gasteiger partial charge in [-0.05, 0) is 35.7 Å². The fourth-order valence-corrected chi connectivity index (χ4v) is 3.82. The van der Waals surface area contributed by atoms with Crippen LogP contribution in [0.2, 0.25) is 0 Å². The summed E-state index contributed by atoms with van der Waals surface area (Å²) in [6.45, 7) is 2.26. The molecule has 5 nitrogen and oxygen atoms in total. The number of sulfonamides is 1. The molecule has 0 fully saturated rings. The zero-order valence-electron chi connectivity index (χ0n) is 13.9. The smallest absolute Gasteiger partial charge is 0.216 e. The fraction of sp³-hybridized carbons (Fsp3) is 0.211. The monoisotopic (exact) mass is 353 g/mol. The van der Waals surface area contributed by atoms with Crippen LogP contribution in [0.15, 0.2) is 48.7 Å². The molecule has 3 aromatic rings. The third-order valence-electron chi connectivity index (χ3n) is 4.07. The van der Waals surface area contributed by atoms with Crippen LogP contribution in [0.3, 0.4) is 0 Å². The second kappa shape index (κ2) is 7.09. The van der Waals surface area contributed by atoms with Gasteiger partial charge in [0.25, 0.3) is 0 Å². The molecule has 6 heteroatoms. The maximum atomic E-state index is 12.4. The highest BCUT2D eigenvalue weighted by atomic mass is 32.2. The van der Waals surface area contributed by atoms with E-state index in [0.717, 1.165) is 27.6 Å². The summed E-state index contributed by atoms with van der Waals surface area (Å²) in [4.78, 5) is 3.10. The first-order chi connectivity index (χ1) is 12.0. The van der Waals surface area contributed by atoms with Crippen LogP contribution in [0.25, 0.3) is 10.9 Å². The maximum absolute atomic E-state index is 12.4. The lowest BCUT2D eigenvalue weighted by Crippen LogP contribution is -2.24. The van der Waals surface area contributed by atoms with Gasteiger partial charge in [0.2, 0.25) is 10.0 Å². The Kier molecular flexibility index (Phi) is 4.88. The van der Waals surface area contributed by atoms with Crippen LogP contribution in [0, 0.1) is 18.3 Å². The first-order valence-corrected chi connectivity index (χ1v) is 9.61. The van der Waals surface area contributed by atoms with Crippen LogP contribution in [-0.4, -0.2) is 13.4 Å². The van der Waals surface area contributed by atoms with Gasteiger partial charge in [0.05, 0.1) is 18.2 Å². The van der Waals surface area contributed by atoms with Gasteiger partial charge >= 0.3 is 0 Å². The first-order valence-electron chi connectivity index (χ1n) is 7.95. The van der Waals surface area contributed by atoms with Crippen LogP contribution in [-0.2, 0) is 28.7 Å². The van der Waals surface area contributed by atoms with Crippen molar-refractivity contribution in [3.05, 3.63) is 70.9 Å². The lowest BCUT2D eigenvalue weighted by atomic mass is 10.1. The van der Waals surface area contributed by atoms with Crippen molar-refractivity contribution in [3.63, 3.8) is 0 Å². The SMILES string of the molecule is Cc1ccc(CNS(=O)(=O)Cc2ccc3[nH]cc(CC#N)c3c2)cc1. The molecular formula is C19H19N3O2S. The van der Waals surface area contributed by atoms with E-state index >= 15 is 0 Å². The number of nitrogens with one attached hydrogen (secondary N) is 2. The maximum Gasteiger partial charge on any atom is 0.216 e. The molecule has 0 aliphatic rings. The van der Waals surface area contributed by atoms with E-state index in [-0.39, 0.29) is 12.3 Å². The number of aromatic amines is 1. The Morgan fingerprint density at radius 1 is 1.12 bits per heavy atom. The van der Waals surface area contributed by atoms with Gasteiger partial charge in [-0.15, -0.1) is 0 Å². The van der Waals surface area contributed by atoms with Crippen LogP contribution in [0.1, 0.15) is 22.3 Å². The van der Waals surface area contributed by atoms with Crippen molar-refractivity contribution < 1.29 is 8.42 Å². The van der Waals surface area contributed by atoms with Crippen molar-refractivity contribution in [2.24, 2.45) is 0 Å². The predicted octanol–water partition coefficient (Wildman–Crippen LogP) is 3.16. The summed E-state index contributed by atoms with van der Waals surface area (Å²) in [5.41, 5.74) is 4.54. The number of rotatable bonds is 6. The minimum absolute atomic E-state index is 0.0913. The molecule has 2 aromatic carbocycles. The summed E-state index contributed by atoms with van der Waals surface area (Å²) in [7, 11) is -3.45. The number of aryl methyl sites for hydroxylation is 1. The van der Waals surface area contributed by atoms with Crippen molar-refractivity contribution >= 4 is 20.9 Å². The molecule has 1 heterocycles. The van der Waals surface area contributed by atoms with E-state index in [1.165, 1.54) is 0 Å². The lowest BCUT2D eigenvalue weighted by molar-refractivity contribution is 0.580. The molecule has 0 amide bonds. The molecule has 2 N–H and O–H groups in total. The Morgan fingerprint density at radius 2 is 1.84 bits per heavy atom. The van der Waals surface area contributed by atoms with Gasteiger partial charge in [-0.1, -0.05) is 35.9 Å². The Bertz CT molecular complexity index is 1030. The van der Waals surface area contributed by atoms with E-state index in [0.29, 0.717) is 12.0 Å². The van der Waals surface area contributed by atoms with Gasteiger partial charge in [0.1, 0.15) is 0 Å². The molecule has 25 heavy (non-hydrogen) atoms. The molecule has 0 radical (unpaired) electrons. The van der Waals surface area contributed by atoms with Gasteiger partial charge in [0, 0.05) is 23.6 Å². The summed E-state index contributed by atoms with van der Waals surface area (Å²) >= 11 is 0. The van der Waals surface area contributed by atoms with Crippen LogP contribution in [0.4, 0.5) is 0 Å². The summed E-state index contributed by atoms with van der Waals surface area (Å²) in [6, 6.07) is 15.3. The standard InChI is InChI=1S/C19H19N3O2S/c1-14-2-4-15(5-3-14)11-22-25(23,24)13-16-6-7-19-18(10-16)17(8-9-20)12-21-19/h2-7,10,12,21-22H,8,11,13H2,1H3. The number of hydrogen-bond acceptors (Lipinski definition) is 3. The highest BCUT2D eigenvalue weighted by molar-refractivity contribution is 7.88. The molecule has 0 saturated heterocycles. The molecule has 0 bridgehead atoms. The summed E-state index contributed by atoms with van der Waals surface area (Å²) in [5, 5.41) is 9.77. The molecule has 0 unspecified atom stereocenters. The van der Waals surface area contributed by atoms with E-state index in [1.54, 1.807) is 12.3 Å². The summed E-state index contributed by atoms with van der Waals surface area (Å²) in [6.07, 6.45) is 2.09. The summed E-state index contributed by atoms with van der Waals surface area (Å²) < 4.78 is 27.3. The van der Waals surface area contributed by atoms with Crippen LogP contribution >= 0.6 is 0 Å². The number of nitriles is 1. The summed E-state index contributed by atoms with van der Waals surface area (Å²) in [5.74, 6) is -0.0913. The lowest BCUT2D eigenvalue weighted by Gasteiger charge is -2.08. The minimum atomic E-state index is -3.45. The third kappa shape index (κ3) is 4.27. The Balaban J connectivity index is 1.73. The number of aromatic nitrogens is 1. The van der Waals surface area contributed by atoms with Crippen LogP contribution < -0.4 is 4.72 Å². The van der Waals surface area contributed by atoms with E-state index < -0.39 is 10.0 Å². The van der Waals surface area contributed by atoms with Crippen LogP contribution in [0.5, 0.6) is 0 Å². The number of nitrogens with zero attached hydrogens (tertiary/aromatic N) is 1. The van der Waals surface area contributed by atoms with E-state index in [2.05, 4.69) is 15.8 Å². The number of H-pyrrole nitrogens is 1. The van der Waals surface area contributed by atoms with Gasteiger partial charge in [0.15, 0.2) is 0 Å². The Hall–Kier alpha value is -2.62. The fourth-order valence-electron chi connectivity index (χ4n) is 2.72. The minimum Gasteiger partial charge on any atom is -0.361 e. The van der Waals surface area contributed by atoms with Gasteiger partial charge in [-0.3, -0.25) is 0 Å². The second-order valence-corrected chi connectivity index (χ2v) is 7.90. The van der Waals surface area contributed by atoms with Crippen molar-refractivity contribution in [1.29, 1.82) is 5.26 Å². The van der Waals surface area contributed by atoms with Gasteiger partial charge in [-0.25, -0.2) is 13.1 Å². The van der Waals surface area contributed by atoms with Crippen molar-refractivity contribution in [2.75, 3.05) is 0 Å². The van der Waals surface area contributed by atoms with E-state index in [4.69, 9.17) is 5.26 Å². The van der Waals surface area contributed by atoms with Crippen molar-refractivity contribution in [3.8, 4) is 6.07 Å². The zero-order chi connectivity index (χ0) is 17.9. The molecule has 3 rings (SSSR count). The van der Waals surface area contributed by atoms with E-state index in [1.807, 2.05) is 43.3 Å². The second-order valence-electron chi connectivity index (χ2n) is 6.09. The first kappa shape index (κ1) is 17.2. The molecule has 128 valence electrons. The molecule has 0 saturated carbocycles. The zero-order valence-corrected chi connectivity index (χ0v) is 14.7. The molecular weight excluding hydrogens is 334 g/mol. The quantitative estimate of drug-likeness (QED) is 0.714. The molecule has 0 aliphatic heterocycles. The third-order valence-corrected chi connectivity index (χ3v) is 5.37. The Labute approximate surface area is 147 Å². The number of hydrogen-bond donors (Lipinski definition) is 2. The van der Waals surface area contributed by atoms with E-state index in [9.17, 15) is 8.42 Å². The average molecular weight is 353 g/mol. The molecule has 1 aromatic heterocycles. The predicted molar refractivity (Wildman–Crippen MR) is 98.3 cm³/mol. The largest absolute Gasteiger partial charge is 0.361 e. The molecule has 0 spiro atoms. The van der Waals surface area contributed by atoms with Crippen molar-refractivity contribution in [2.45, 2.75) is 25.6 Å². The average Bonchev–Trinajstić information content (AvgIpc) is 2.97.